The summed E-state index contributed by atoms with van der Waals surface area (Å²) in [7, 11) is 3.84. The maximum atomic E-state index is 12.9. The smallest absolute Gasteiger partial charge is 0.378 e. The van der Waals surface area contributed by atoms with Gasteiger partial charge in [0, 0.05) is 31.8 Å². The van der Waals surface area contributed by atoms with Crippen LogP contribution in [0, 0.1) is 6.92 Å². The van der Waals surface area contributed by atoms with Gasteiger partial charge in [0.05, 0.1) is 16.3 Å². The number of hydrogen-bond acceptors (Lipinski definition) is 4. The number of alkyl halides is 3. The average Bonchev–Trinajstić information content (AvgIpc) is 3.00. The van der Waals surface area contributed by atoms with Crippen molar-refractivity contribution in [3.05, 3.63) is 75.9 Å². The maximum absolute atomic E-state index is 12.9. The number of carbonyl (C=O) groups is 1. The van der Waals surface area contributed by atoms with Gasteiger partial charge < -0.3 is 10.2 Å². The van der Waals surface area contributed by atoms with Crippen LogP contribution in [0.1, 0.15) is 32.2 Å². The molecule has 0 unspecified atom stereocenters. The fourth-order valence-corrected chi connectivity index (χ4v) is 3.76. The lowest BCUT2D eigenvalue weighted by Gasteiger charge is -2.12. The number of nitrogens with one attached hydrogen (secondary N) is 1. The Morgan fingerprint density at radius 3 is 2.45 bits per heavy atom. The van der Waals surface area contributed by atoms with E-state index in [2.05, 4.69) is 10.3 Å². The highest BCUT2D eigenvalue weighted by Crippen LogP contribution is 2.31. The molecule has 0 fully saturated rings. The van der Waals surface area contributed by atoms with Crippen LogP contribution >= 0.6 is 11.3 Å². The van der Waals surface area contributed by atoms with Gasteiger partial charge >= 0.3 is 6.18 Å². The van der Waals surface area contributed by atoms with Gasteiger partial charge in [-0.2, -0.15) is 13.2 Å². The van der Waals surface area contributed by atoms with Crippen molar-refractivity contribution in [2.45, 2.75) is 19.5 Å². The minimum atomic E-state index is -4.38. The molecule has 29 heavy (non-hydrogen) atoms. The number of nitrogens with zero attached hydrogens (tertiary/aromatic N) is 2. The molecule has 3 aromatic rings. The van der Waals surface area contributed by atoms with E-state index in [0.717, 1.165) is 17.8 Å². The number of carbonyl (C=O) groups excluding carboxylic acids is 1. The normalized spacial score (nSPS) is 11.4. The predicted molar refractivity (Wildman–Crippen MR) is 110 cm³/mol. The summed E-state index contributed by atoms with van der Waals surface area (Å²) in [5, 5.41) is 4.07. The topological polar surface area (TPSA) is 45.2 Å². The predicted octanol–water partition coefficient (Wildman–Crippen LogP) is 5.38. The summed E-state index contributed by atoms with van der Waals surface area (Å²) in [6.45, 7) is 1.76. The van der Waals surface area contributed by atoms with E-state index in [9.17, 15) is 18.0 Å². The van der Waals surface area contributed by atoms with E-state index in [1.807, 2.05) is 31.1 Å². The number of aryl methyl sites for hydroxylation is 1. The van der Waals surface area contributed by atoms with Gasteiger partial charge in [-0.15, -0.1) is 11.3 Å². The van der Waals surface area contributed by atoms with Crippen LogP contribution in [-0.4, -0.2) is 25.0 Å². The lowest BCUT2D eigenvalue weighted by atomic mass is 10.1. The third-order valence-corrected chi connectivity index (χ3v) is 5.40. The van der Waals surface area contributed by atoms with Crippen molar-refractivity contribution in [2.75, 3.05) is 24.3 Å². The molecule has 0 bridgehead atoms. The van der Waals surface area contributed by atoms with Crippen molar-refractivity contribution in [3.63, 3.8) is 0 Å². The molecule has 0 saturated heterocycles. The summed E-state index contributed by atoms with van der Waals surface area (Å²) in [5.74, 6) is -0.257. The van der Waals surface area contributed by atoms with E-state index in [4.69, 9.17) is 0 Å². The summed E-state index contributed by atoms with van der Waals surface area (Å²) < 4.78 is 38.7. The second kappa shape index (κ2) is 8.24. The molecule has 1 aromatic heterocycles. The standard InChI is InChI=1S/C21H20F3N3OS/c1-13-20(26-19(28)15-7-9-17(10-8-15)27(2)3)29-18(25-13)12-14-5-4-6-16(11-14)21(22,23)24/h4-11H,12H2,1-3H3,(H,26,28). The lowest BCUT2D eigenvalue weighted by molar-refractivity contribution is -0.137. The summed E-state index contributed by atoms with van der Waals surface area (Å²) in [6, 6.07) is 12.4. The monoisotopic (exact) mass is 419 g/mol. The molecular formula is C21H20F3N3OS. The van der Waals surface area contributed by atoms with Gasteiger partial charge in [-0.05, 0) is 42.8 Å². The van der Waals surface area contributed by atoms with Crippen molar-refractivity contribution >= 4 is 27.9 Å². The largest absolute Gasteiger partial charge is 0.416 e. The number of benzene rings is 2. The number of halogens is 3. The Kier molecular flexibility index (Phi) is 5.93. The molecular weight excluding hydrogens is 399 g/mol. The number of amides is 1. The Balaban J connectivity index is 1.72. The molecule has 3 rings (SSSR count). The number of aromatic nitrogens is 1. The zero-order chi connectivity index (χ0) is 21.2. The molecule has 4 nitrogen and oxygen atoms in total. The van der Waals surface area contributed by atoms with Crippen LogP contribution in [0.3, 0.4) is 0 Å². The molecule has 8 heteroatoms. The molecule has 0 radical (unpaired) electrons. The van der Waals surface area contributed by atoms with E-state index >= 15 is 0 Å². The number of thiazole rings is 1. The fourth-order valence-electron chi connectivity index (χ4n) is 2.76. The van der Waals surface area contributed by atoms with Crippen LogP contribution in [0.5, 0.6) is 0 Å². The summed E-state index contributed by atoms with van der Waals surface area (Å²) in [6.07, 6.45) is -4.11. The van der Waals surface area contributed by atoms with Crippen LogP contribution in [0.2, 0.25) is 0 Å². The molecule has 1 N–H and O–H groups in total. The number of anilines is 2. The molecule has 152 valence electrons. The first-order valence-corrected chi connectivity index (χ1v) is 9.66. The molecule has 0 aliphatic carbocycles. The molecule has 0 aliphatic rings. The van der Waals surface area contributed by atoms with E-state index in [-0.39, 0.29) is 12.3 Å². The highest BCUT2D eigenvalue weighted by Gasteiger charge is 2.30. The van der Waals surface area contributed by atoms with Crippen molar-refractivity contribution in [3.8, 4) is 0 Å². The first-order chi connectivity index (χ1) is 13.6. The Labute approximate surface area is 171 Å². The second-order valence-electron chi connectivity index (χ2n) is 6.79. The third-order valence-electron chi connectivity index (χ3n) is 4.32. The minimum Gasteiger partial charge on any atom is -0.378 e. The number of rotatable bonds is 5. The Hall–Kier alpha value is -2.87. The SMILES string of the molecule is Cc1nc(Cc2cccc(C(F)(F)F)c2)sc1NC(=O)c1ccc(N(C)C)cc1. The molecule has 0 atom stereocenters. The summed E-state index contributed by atoms with van der Waals surface area (Å²) in [4.78, 5) is 18.8. The van der Waals surface area contributed by atoms with Gasteiger partial charge in [0.2, 0.25) is 0 Å². The second-order valence-corrected chi connectivity index (χ2v) is 7.88. The van der Waals surface area contributed by atoms with Crippen molar-refractivity contribution < 1.29 is 18.0 Å². The first kappa shape index (κ1) is 20.9. The average molecular weight is 419 g/mol. The van der Waals surface area contributed by atoms with E-state index in [1.165, 1.54) is 17.4 Å². The van der Waals surface area contributed by atoms with Crippen LogP contribution in [0.4, 0.5) is 23.9 Å². The lowest BCUT2D eigenvalue weighted by Crippen LogP contribution is -2.13. The Morgan fingerprint density at radius 1 is 1.14 bits per heavy atom. The molecule has 0 aliphatic heterocycles. The van der Waals surface area contributed by atoms with Gasteiger partial charge in [-0.3, -0.25) is 4.79 Å². The highest BCUT2D eigenvalue weighted by molar-refractivity contribution is 7.16. The van der Waals surface area contributed by atoms with E-state index in [1.54, 1.807) is 25.1 Å². The van der Waals surface area contributed by atoms with Crippen LogP contribution in [0.15, 0.2) is 48.5 Å². The van der Waals surface area contributed by atoms with Gasteiger partial charge in [-0.25, -0.2) is 4.98 Å². The molecule has 0 spiro atoms. The molecule has 0 saturated carbocycles. The van der Waals surface area contributed by atoms with Crippen LogP contribution in [0.25, 0.3) is 0 Å². The molecule has 1 amide bonds. The Morgan fingerprint density at radius 2 is 1.83 bits per heavy atom. The molecule has 2 aromatic carbocycles. The van der Waals surface area contributed by atoms with E-state index in [0.29, 0.717) is 26.8 Å². The van der Waals surface area contributed by atoms with Crippen molar-refractivity contribution in [1.82, 2.24) is 4.98 Å². The molecule has 1 heterocycles. The van der Waals surface area contributed by atoms with Gasteiger partial charge in [-0.1, -0.05) is 18.2 Å². The quantitative estimate of drug-likeness (QED) is 0.604. The van der Waals surface area contributed by atoms with E-state index < -0.39 is 11.7 Å². The van der Waals surface area contributed by atoms with Crippen molar-refractivity contribution in [2.24, 2.45) is 0 Å². The van der Waals surface area contributed by atoms with Crippen LogP contribution in [-0.2, 0) is 12.6 Å². The van der Waals surface area contributed by atoms with Crippen LogP contribution < -0.4 is 10.2 Å². The van der Waals surface area contributed by atoms with Gasteiger partial charge in [0.15, 0.2) is 0 Å². The zero-order valence-electron chi connectivity index (χ0n) is 16.2. The summed E-state index contributed by atoms with van der Waals surface area (Å²) in [5.41, 5.74) is 1.97. The third kappa shape index (κ3) is 5.14. The highest BCUT2D eigenvalue weighted by atomic mass is 32.1. The van der Waals surface area contributed by atoms with Gasteiger partial charge in [0.1, 0.15) is 5.00 Å². The number of hydrogen-bond donors (Lipinski definition) is 1. The Bertz CT molecular complexity index is 1010. The maximum Gasteiger partial charge on any atom is 0.416 e. The minimum absolute atomic E-state index is 0.257. The first-order valence-electron chi connectivity index (χ1n) is 8.84. The van der Waals surface area contributed by atoms with Gasteiger partial charge in [0.25, 0.3) is 5.91 Å². The summed E-state index contributed by atoms with van der Waals surface area (Å²) >= 11 is 1.27. The van der Waals surface area contributed by atoms with Crippen molar-refractivity contribution in [1.29, 1.82) is 0 Å². The fraction of sp³-hybridized carbons (Fsp3) is 0.238. The zero-order valence-corrected chi connectivity index (χ0v) is 17.0.